The van der Waals surface area contributed by atoms with E-state index in [2.05, 4.69) is 10.6 Å². The highest BCUT2D eigenvalue weighted by Crippen LogP contribution is 2.27. The van der Waals surface area contributed by atoms with Crippen molar-refractivity contribution in [3.63, 3.8) is 0 Å². The number of methoxy groups -OCH3 is 2. The minimum atomic E-state index is -0.343. The number of rotatable bonds is 7. The number of urea groups is 1. The van der Waals surface area contributed by atoms with E-state index in [1.165, 1.54) is 12.1 Å². The van der Waals surface area contributed by atoms with Crippen molar-refractivity contribution in [2.75, 3.05) is 32.2 Å². The van der Waals surface area contributed by atoms with E-state index in [-0.39, 0.29) is 23.7 Å². The lowest BCUT2D eigenvalue weighted by molar-refractivity contribution is -0.117. The van der Waals surface area contributed by atoms with Crippen molar-refractivity contribution in [2.24, 2.45) is 5.92 Å². The van der Waals surface area contributed by atoms with Crippen LogP contribution >= 0.6 is 0 Å². The molecule has 2 aromatic carbocycles. The van der Waals surface area contributed by atoms with Crippen molar-refractivity contribution in [1.82, 2.24) is 10.6 Å². The van der Waals surface area contributed by atoms with Gasteiger partial charge in [0, 0.05) is 37.7 Å². The van der Waals surface area contributed by atoms with E-state index in [4.69, 9.17) is 9.47 Å². The molecule has 1 fully saturated rings. The normalized spacial score (nSPS) is 15.9. The standard InChI is InChI=1S/C21H24FN3O4/c1-28-18-8-3-14(9-19(18)29-2)11-23-21(27)24-12-15-10-20(26)25(13-15)17-6-4-16(22)5-7-17/h3-9,15H,10-13H2,1-2H3,(H2,23,24,27)/t15-/m0/s1. The Labute approximate surface area is 168 Å². The average Bonchev–Trinajstić information content (AvgIpc) is 3.11. The molecule has 3 rings (SSSR count). The van der Waals surface area contributed by atoms with E-state index in [1.807, 2.05) is 6.07 Å². The van der Waals surface area contributed by atoms with E-state index in [9.17, 15) is 14.0 Å². The van der Waals surface area contributed by atoms with Crippen molar-refractivity contribution in [3.8, 4) is 11.5 Å². The number of nitrogens with one attached hydrogen (secondary N) is 2. The predicted molar refractivity (Wildman–Crippen MR) is 107 cm³/mol. The van der Waals surface area contributed by atoms with E-state index >= 15 is 0 Å². The van der Waals surface area contributed by atoms with Crippen molar-refractivity contribution >= 4 is 17.6 Å². The molecule has 0 aliphatic carbocycles. The number of ether oxygens (including phenoxy) is 2. The Morgan fingerprint density at radius 1 is 1.10 bits per heavy atom. The van der Waals surface area contributed by atoms with Gasteiger partial charge in [0.2, 0.25) is 5.91 Å². The number of benzene rings is 2. The largest absolute Gasteiger partial charge is 0.493 e. The molecule has 1 aliphatic heterocycles. The number of hydrogen-bond acceptors (Lipinski definition) is 4. The van der Waals surface area contributed by atoms with E-state index in [0.29, 0.717) is 43.2 Å². The van der Waals surface area contributed by atoms with Crippen LogP contribution in [0.5, 0.6) is 11.5 Å². The second-order valence-corrected chi connectivity index (χ2v) is 6.80. The van der Waals surface area contributed by atoms with Crippen LogP contribution < -0.4 is 25.0 Å². The topological polar surface area (TPSA) is 79.9 Å². The molecule has 1 aliphatic rings. The number of anilines is 1. The van der Waals surface area contributed by atoms with Gasteiger partial charge in [0.1, 0.15) is 5.82 Å². The van der Waals surface area contributed by atoms with Crippen LogP contribution in [0.3, 0.4) is 0 Å². The van der Waals surface area contributed by atoms with Gasteiger partial charge in [-0.3, -0.25) is 4.79 Å². The summed E-state index contributed by atoms with van der Waals surface area (Å²) in [6.45, 7) is 1.19. The van der Waals surface area contributed by atoms with E-state index in [0.717, 1.165) is 5.56 Å². The number of carbonyl (C=O) groups is 2. The van der Waals surface area contributed by atoms with Crippen molar-refractivity contribution in [1.29, 1.82) is 0 Å². The molecule has 0 aromatic heterocycles. The summed E-state index contributed by atoms with van der Waals surface area (Å²) in [5.41, 5.74) is 1.54. The Kier molecular flexibility index (Phi) is 6.54. The first-order valence-electron chi connectivity index (χ1n) is 9.28. The Morgan fingerprint density at radius 3 is 2.52 bits per heavy atom. The highest BCUT2D eigenvalue weighted by molar-refractivity contribution is 5.95. The summed E-state index contributed by atoms with van der Waals surface area (Å²) in [5.74, 6) is 0.841. The highest BCUT2D eigenvalue weighted by Gasteiger charge is 2.30. The van der Waals surface area contributed by atoms with Gasteiger partial charge < -0.3 is 25.0 Å². The minimum absolute atomic E-state index is 0.000571. The molecule has 7 nitrogen and oxygen atoms in total. The molecule has 1 saturated heterocycles. The van der Waals surface area contributed by atoms with Gasteiger partial charge in [-0.15, -0.1) is 0 Å². The average molecular weight is 401 g/mol. The third-order valence-electron chi connectivity index (χ3n) is 4.80. The molecule has 0 saturated carbocycles. The van der Waals surface area contributed by atoms with Crippen LogP contribution in [0.1, 0.15) is 12.0 Å². The molecule has 2 N–H and O–H groups in total. The first-order chi connectivity index (χ1) is 14.0. The van der Waals surface area contributed by atoms with Crippen LogP contribution in [0.15, 0.2) is 42.5 Å². The van der Waals surface area contributed by atoms with Gasteiger partial charge in [0.25, 0.3) is 0 Å². The van der Waals surface area contributed by atoms with Crippen LogP contribution in [0.25, 0.3) is 0 Å². The van der Waals surface area contributed by atoms with E-state index in [1.54, 1.807) is 43.4 Å². The van der Waals surface area contributed by atoms with Gasteiger partial charge in [-0.1, -0.05) is 6.07 Å². The lowest BCUT2D eigenvalue weighted by Gasteiger charge is -2.17. The Balaban J connectivity index is 1.46. The fraction of sp³-hybridized carbons (Fsp3) is 0.333. The Bertz CT molecular complexity index is 873. The quantitative estimate of drug-likeness (QED) is 0.748. The maximum atomic E-state index is 13.1. The van der Waals surface area contributed by atoms with Gasteiger partial charge in [0.05, 0.1) is 14.2 Å². The maximum absolute atomic E-state index is 13.1. The molecule has 3 amide bonds. The molecule has 8 heteroatoms. The number of amides is 3. The van der Waals surface area contributed by atoms with Crippen molar-refractivity contribution in [3.05, 3.63) is 53.8 Å². The van der Waals surface area contributed by atoms with Gasteiger partial charge in [0.15, 0.2) is 11.5 Å². The lowest BCUT2D eigenvalue weighted by atomic mass is 10.1. The minimum Gasteiger partial charge on any atom is -0.493 e. The molecule has 154 valence electrons. The molecular weight excluding hydrogens is 377 g/mol. The predicted octanol–water partition coefficient (Wildman–Crippen LogP) is 2.70. The van der Waals surface area contributed by atoms with Crippen LogP contribution in [-0.4, -0.2) is 39.2 Å². The third-order valence-corrected chi connectivity index (χ3v) is 4.80. The molecule has 0 bridgehead atoms. The van der Waals surface area contributed by atoms with Crippen LogP contribution in [0.4, 0.5) is 14.9 Å². The Morgan fingerprint density at radius 2 is 1.83 bits per heavy atom. The SMILES string of the molecule is COc1ccc(CNC(=O)NC[C@@H]2CC(=O)N(c3ccc(F)cc3)C2)cc1OC. The summed E-state index contributed by atoms with van der Waals surface area (Å²) in [7, 11) is 3.12. The second-order valence-electron chi connectivity index (χ2n) is 6.80. The summed E-state index contributed by atoms with van der Waals surface area (Å²) < 4.78 is 23.5. The number of carbonyl (C=O) groups excluding carboxylic acids is 2. The lowest BCUT2D eigenvalue weighted by Crippen LogP contribution is -2.38. The van der Waals surface area contributed by atoms with Crippen molar-refractivity contribution < 1.29 is 23.5 Å². The smallest absolute Gasteiger partial charge is 0.315 e. The summed E-state index contributed by atoms with van der Waals surface area (Å²) in [4.78, 5) is 25.9. The number of hydrogen-bond donors (Lipinski definition) is 2. The molecule has 29 heavy (non-hydrogen) atoms. The zero-order chi connectivity index (χ0) is 20.8. The Hall–Kier alpha value is -3.29. The fourth-order valence-electron chi connectivity index (χ4n) is 3.26. The first-order valence-corrected chi connectivity index (χ1v) is 9.28. The third kappa shape index (κ3) is 5.16. The second kappa shape index (κ2) is 9.27. The summed E-state index contributed by atoms with van der Waals surface area (Å²) in [6, 6.07) is 10.9. The van der Waals surface area contributed by atoms with Gasteiger partial charge >= 0.3 is 6.03 Å². The van der Waals surface area contributed by atoms with Gasteiger partial charge in [-0.2, -0.15) is 0 Å². The molecule has 0 radical (unpaired) electrons. The molecule has 1 atom stereocenters. The molecular formula is C21H24FN3O4. The first kappa shape index (κ1) is 20.4. The number of nitrogens with zero attached hydrogens (tertiary/aromatic N) is 1. The maximum Gasteiger partial charge on any atom is 0.315 e. The zero-order valence-electron chi connectivity index (χ0n) is 16.4. The zero-order valence-corrected chi connectivity index (χ0v) is 16.4. The van der Waals surface area contributed by atoms with Crippen molar-refractivity contribution in [2.45, 2.75) is 13.0 Å². The monoisotopic (exact) mass is 401 g/mol. The highest BCUT2D eigenvalue weighted by atomic mass is 19.1. The van der Waals surface area contributed by atoms with Gasteiger partial charge in [-0.05, 0) is 42.0 Å². The molecule has 2 aromatic rings. The summed E-state index contributed by atoms with van der Waals surface area (Å²) in [6.07, 6.45) is 0.341. The summed E-state index contributed by atoms with van der Waals surface area (Å²) >= 11 is 0. The van der Waals surface area contributed by atoms with E-state index < -0.39 is 0 Å². The van der Waals surface area contributed by atoms with Crippen LogP contribution in [-0.2, 0) is 11.3 Å². The number of halogens is 1. The molecule has 0 spiro atoms. The molecule has 0 unspecified atom stereocenters. The fourth-order valence-corrected chi connectivity index (χ4v) is 3.26. The van der Waals surface area contributed by atoms with Crippen LogP contribution in [0.2, 0.25) is 0 Å². The van der Waals surface area contributed by atoms with Gasteiger partial charge in [-0.25, -0.2) is 9.18 Å². The van der Waals surface area contributed by atoms with Crippen LogP contribution in [0, 0.1) is 11.7 Å². The molecule has 1 heterocycles. The summed E-state index contributed by atoms with van der Waals surface area (Å²) in [5, 5.41) is 5.59.